The molecule has 0 N–H and O–H groups in total. The molecule has 112 valence electrons. The molecule has 0 aliphatic heterocycles. The van der Waals surface area contributed by atoms with E-state index >= 15 is 0 Å². The zero-order chi connectivity index (χ0) is 14.5. The van der Waals surface area contributed by atoms with E-state index in [-0.39, 0.29) is 0 Å². The van der Waals surface area contributed by atoms with Crippen LogP contribution >= 0.6 is 11.3 Å². The number of benzene rings is 1. The van der Waals surface area contributed by atoms with E-state index in [9.17, 15) is 0 Å². The number of hydrogen-bond acceptors (Lipinski definition) is 5. The van der Waals surface area contributed by atoms with Gasteiger partial charge in [0.05, 0.1) is 6.61 Å². The molecule has 1 fully saturated rings. The van der Waals surface area contributed by atoms with E-state index in [0.717, 1.165) is 23.8 Å². The van der Waals surface area contributed by atoms with Crippen LogP contribution in [-0.4, -0.2) is 23.9 Å². The molecule has 21 heavy (non-hydrogen) atoms. The van der Waals surface area contributed by atoms with E-state index in [1.165, 1.54) is 29.8 Å². The van der Waals surface area contributed by atoms with Gasteiger partial charge in [-0.05, 0) is 37.0 Å². The Bertz CT molecular complexity index is 581. The van der Waals surface area contributed by atoms with Gasteiger partial charge in [-0.2, -0.15) is 0 Å². The highest BCUT2D eigenvalue weighted by atomic mass is 32.1. The van der Waals surface area contributed by atoms with Crippen LogP contribution in [0.4, 0.5) is 0 Å². The first kappa shape index (κ1) is 14.5. The number of hydrogen-bond donors (Lipinski definition) is 0. The van der Waals surface area contributed by atoms with Gasteiger partial charge in [-0.3, -0.25) is 0 Å². The van der Waals surface area contributed by atoms with E-state index in [1.54, 1.807) is 18.4 Å². The number of ether oxygens (including phenoxy) is 2. The first-order valence-electron chi connectivity index (χ1n) is 7.38. The van der Waals surface area contributed by atoms with Crippen LogP contribution in [0.1, 0.15) is 40.8 Å². The Morgan fingerprint density at radius 3 is 2.95 bits per heavy atom. The summed E-state index contributed by atoms with van der Waals surface area (Å²) in [5.41, 5.74) is 1.22. The summed E-state index contributed by atoms with van der Waals surface area (Å²) in [6.07, 6.45) is 4.75. The molecule has 3 rings (SSSR count). The second-order valence-corrected chi connectivity index (χ2v) is 6.43. The Balaban J connectivity index is 1.55. The van der Waals surface area contributed by atoms with Crippen molar-refractivity contribution in [2.45, 2.75) is 38.2 Å². The van der Waals surface area contributed by atoms with E-state index in [0.29, 0.717) is 12.5 Å². The minimum Gasteiger partial charge on any atom is -0.486 e. The summed E-state index contributed by atoms with van der Waals surface area (Å²) in [7, 11) is 1.72. The van der Waals surface area contributed by atoms with E-state index in [4.69, 9.17) is 9.47 Å². The van der Waals surface area contributed by atoms with Crippen LogP contribution in [0.2, 0.25) is 0 Å². The molecule has 0 spiro atoms. The van der Waals surface area contributed by atoms with Gasteiger partial charge in [0.15, 0.2) is 5.01 Å². The molecule has 1 heterocycles. The quantitative estimate of drug-likeness (QED) is 0.784. The lowest BCUT2D eigenvalue weighted by Crippen LogP contribution is -2.07. The Morgan fingerprint density at radius 1 is 1.29 bits per heavy atom. The van der Waals surface area contributed by atoms with Gasteiger partial charge >= 0.3 is 0 Å². The maximum absolute atomic E-state index is 5.82. The van der Waals surface area contributed by atoms with Crippen molar-refractivity contribution in [2.75, 3.05) is 13.7 Å². The van der Waals surface area contributed by atoms with E-state index in [2.05, 4.69) is 22.3 Å². The van der Waals surface area contributed by atoms with Crippen molar-refractivity contribution in [1.82, 2.24) is 10.2 Å². The van der Waals surface area contributed by atoms with Gasteiger partial charge in [0, 0.05) is 13.0 Å². The van der Waals surface area contributed by atoms with Crippen LogP contribution in [-0.2, 0) is 17.8 Å². The minimum absolute atomic E-state index is 0.498. The summed E-state index contributed by atoms with van der Waals surface area (Å²) in [6, 6.07) is 8.14. The Kier molecular flexibility index (Phi) is 4.83. The first-order valence-corrected chi connectivity index (χ1v) is 8.20. The Morgan fingerprint density at radius 2 is 2.19 bits per heavy atom. The predicted molar refractivity (Wildman–Crippen MR) is 82.9 cm³/mol. The summed E-state index contributed by atoms with van der Waals surface area (Å²) in [5, 5.41) is 10.6. The predicted octanol–water partition coefficient (Wildman–Crippen LogP) is 3.57. The van der Waals surface area contributed by atoms with Gasteiger partial charge in [0.2, 0.25) is 0 Å². The van der Waals surface area contributed by atoms with Crippen molar-refractivity contribution in [3.63, 3.8) is 0 Å². The van der Waals surface area contributed by atoms with Crippen molar-refractivity contribution in [2.24, 2.45) is 0 Å². The average Bonchev–Trinajstić information content (AvgIpc) is 2.90. The van der Waals surface area contributed by atoms with Crippen LogP contribution in [0.15, 0.2) is 24.3 Å². The van der Waals surface area contributed by atoms with Crippen LogP contribution in [0.5, 0.6) is 5.75 Å². The second-order valence-electron chi connectivity index (χ2n) is 5.34. The maximum Gasteiger partial charge on any atom is 0.155 e. The van der Waals surface area contributed by atoms with Crippen molar-refractivity contribution in [1.29, 1.82) is 0 Å². The fourth-order valence-corrected chi connectivity index (χ4v) is 3.23. The smallest absolute Gasteiger partial charge is 0.155 e. The van der Waals surface area contributed by atoms with Gasteiger partial charge in [0.25, 0.3) is 0 Å². The molecule has 0 atom stereocenters. The summed E-state index contributed by atoms with van der Waals surface area (Å²) in [5.74, 6) is 1.53. The Hall–Kier alpha value is -1.46. The zero-order valence-corrected chi connectivity index (χ0v) is 13.1. The summed E-state index contributed by atoms with van der Waals surface area (Å²) in [4.78, 5) is 0. The van der Waals surface area contributed by atoms with Gasteiger partial charge in [-0.25, -0.2) is 0 Å². The third-order valence-electron chi connectivity index (χ3n) is 3.79. The molecule has 1 aliphatic carbocycles. The maximum atomic E-state index is 5.82. The highest BCUT2D eigenvalue weighted by Gasteiger charge is 2.23. The standard InChI is InChI=1S/C16H20N2O2S/c1-19-9-8-12-4-2-7-14(10-12)20-11-15-17-18-16(21-15)13-5-3-6-13/h2,4,7,10,13H,3,5-6,8-9,11H2,1H3. The van der Waals surface area contributed by atoms with Crippen molar-refractivity contribution in [3.05, 3.63) is 39.8 Å². The molecular formula is C16H20N2O2S. The molecule has 2 aromatic rings. The fraction of sp³-hybridized carbons (Fsp3) is 0.500. The topological polar surface area (TPSA) is 44.2 Å². The van der Waals surface area contributed by atoms with Crippen LogP contribution < -0.4 is 4.74 Å². The van der Waals surface area contributed by atoms with Gasteiger partial charge < -0.3 is 9.47 Å². The highest BCUT2D eigenvalue weighted by molar-refractivity contribution is 7.11. The molecule has 0 amide bonds. The molecule has 1 saturated carbocycles. The molecule has 0 radical (unpaired) electrons. The molecule has 0 bridgehead atoms. The van der Waals surface area contributed by atoms with E-state index < -0.39 is 0 Å². The zero-order valence-electron chi connectivity index (χ0n) is 12.2. The van der Waals surface area contributed by atoms with Crippen LogP contribution in [0, 0.1) is 0 Å². The molecule has 5 heteroatoms. The molecule has 1 aromatic heterocycles. The first-order chi connectivity index (χ1) is 10.3. The lowest BCUT2D eigenvalue weighted by Gasteiger charge is -2.21. The summed E-state index contributed by atoms with van der Waals surface area (Å²) in [6.45, 7) is 1.22. The molecule has 1 aromatic carbocycles. The highest BCUT2D eigenvalue weighted by Crippen LogP contribution is 2.37. The Labute approximate surface area is 129 Å². The lowest BCUT2D eigenvalue weighted by molar-refractivity contribution is 0.202. The molecule has 0 unspecified atom stereocenters. The van der Waals surface area contributed by atoms with Crippen molar-refractivity contribution in [3.8, 4) is 5.75 Å². The number of aromatic nitrogens is 2. The summed E-state index contributed by atoms with van der Waals surface area (Å²) >= 11 is 1.69. The molecule has 1 aliphatic rings. The number of rotatable bonds is 7. The van der Waals surface area contributed by atoms with Crippen LogP contribution in [0.3, 0.4) is 0 Å². The van der Waals surface area contributed by atoms with Gasteiger partial charge in [0.1, 0.15) is 17.4 Å². The second kappa shape index (κ2) is 7.00. The molecule has 4 nitrogen and oxygen atoms in total. The van der Waals surface area contributed by atoms with Crippen molar-refractivity contribution >= 4 is 11.3 Å². The fourth-order valence-electron chi connectivity index (χ4n) is 2.30. The van der Waals surface area contributed by atoms with Gasteiger partial charge in [-0.15, -0.1) is 10.2 Å². The number of nitrogens with zero attached hydrogens (tertiary/aromatic N) is 2. The van der Waals surface area contributed by atoms with Gasteiger partial charge in [-0.1, -0.05) is 29.9 Å². The molecular weight excluding hydrogens is 284 g/mol. The third kappa shape index (κ3) is 3.80. The summed E-state index contributed by atoms with van der Waals surface area (Å²) < 4.78 is 10.9. The third-order valence-corrected chi connectivity index (χ3v) is 4.85. The minimum atomic E-state index is 0.498. The lowest BCUT2D eigenvalue weighted by atomic mass is 9.86. The van der Waals surface area contributed by atoms with Crippen molar-refractivity contribution < 1.29 is 9.47 Å². The monoisotopic (exact) mass is 304 g/mol. The normalized spacial score (nSPS) is 14.9. The average molecular weight is 304 g/mol. The van der Waals surface area contributed by atoms with Crippen LogP contribution in [0.25, 0.3) is 0 Å². The largest absolute Gasteiger partial charge is 0.486 e. The SMILES string of the molecule is COCCc1cccc(OCc2nnc(C3CCC3)s2)c1. The molecule has 0 saturated heterocycles. The van der Waals surface area contributed by atoms with E-state index in [1.807, 2.05) is 12.1 Å². The number of methoxy groups -OCH3 is 1.